The largest absolute Gasteiger partial charge is 0.0988 e. The van der Waals surface area contributed by atoms with Gasteiger partial charge in [-0.1, -0.05) is 52.5 Å². The van der Waals surface area contributed by atoms with Gasteiger partial charge >= 0.3 is 0 Å². The van der Waals surface area contributed by atoms with Gasteiger partial charge in [0.15, 0.2) is 0 Å². The van der Waals surface area contributed by atoms with Crippen LogP contribution in [-0.4, -0.2) is 0 Å². The van der Waals surface area contributed by atoms with Gasteiger partial charge < -0.3 is 0 Å². The van der Waals surface area contributed by atoms with Crippen LogP contribution >= 0.6 is 0 Å². The van der Waals surface area contributed by atoms with Crippen LogP contribution in [0.3, 0.4) is 0 Å². The van der Waals surface area contributed by atoms with Crippen LogP contribution in [0, 0.1) is 5.92 Å². The molecular formula is C13H24. The van der Waals surface area contributed by atoms with Gasteiger partial charge in [-0.3, -0.25) is 0 Å². The van der Waals surface area contributed by atoms with E-state index in [4.69, 9.17) is 0 Å². The Balaban J connectivity index is 0. The smallest absolute Gasteiger partial charge is 0.0214 e. The summed E-state index contributed by atoms with van der Waals surface area (Å²) in [4.78, 5) is 0. The number of allylic oxidation sites excluding steroid dienone is 4. The molecule has 0 unspecified atom stereocenters. The highest BCUT2D eigenvalue weighted by molar-refractivity contribution is 5.36. The minimum absolute atomic E-state index is 0.547. The minimum atomic E-state index is 0.547. The molecule has 0 atom stereocenters. The van der Waals surface area contributed by atoms with E-state index in [0.29, 0.717) is 5.92 Å². The summed E-state index contributed by atoms with van der Waals surface area (Å²) in [7, 11) is 0. The van der Waals surface area contributed by atoms with E-state index >= 15 is 0 Å². The molecule has 0 aliphatic carbocycles. The first kappa shape index (κ1) is 14.7. The van der Waals surface area contributed by atoms with E-state index in [1.54, 1.807) is 0 Å². The molecule has 0 nitrogen and oxygen atoms in total. The second kappa shape index (κ2) is 7.85. The first-order chi connectivity index (χ1) is 6.00. The molecule has 0 heteroatoms. The van der Waals surface area contributed by atoms with E-state index < -0.39 is 0 Å². The minimum Gasteiger partial charge on any atom is -0.0988 e. The van der Waals surface area contributed by atoms with Crippen molar-refractivity contribution in [3.05, 3.63) is 36.0 Å². The highest BCUT2D eigenvalue weighted by Gasteiger charge is 2.05. The first-order valence-electron chi connectivity index (χ1n) is 4.99. The van der Waals surface area contributed by atoms with Gasteiger partial charge in [-0.05, 0) is 30.9 Å². The third-order valence-corrected chi connectivity index (χ3v) is 1.77. The van der Waals surface area contributed by atoms with Crippen molar-refractivity contribution in [3.8, 4) is 0 Å². The van der Waals surface area contributed by atoms with Crippen LogP contribution in [0.5, 0.6) is 0 Å². The van der Waals surface area contributed by atoms with Crippen molar-refractivity contribution >= 4 is 0 Å². The molecule has 0 aromatic heterocycles. The predicted molar refractivity (Wildman–Crippen MR) is 63.9 cm³/mol. The fourth-order valence-corrected chi connectivity index (χ4v) is 1.39. The maximum Gasteiger partial charge on any atom is -0.0214 e. The molecule has 76 valence electrons. The summed E-state index contributed by atoms with van der Waals surface area (Å²) in [6.07, 6.45) is 1.89. The standard InChI is InChI=1S/C11H18.C2H6/c1-7-10(6)11(8(2)3)9(4)5;1-2/h7,9H,1-2H2,3-6H3;1-2H3/b11-10+;. The van der Waals surface area contributed by atoms with Gasteiger partial charge in [0.05, 0.1) is 0 Å². The summed E-state index contributed by atoms with van der Waals surface area (Å²) in [5.74, 6) is 0.547. The molecule has 13 heavy (non-hydrogen) atoms. The van der Waals surface area contributed by atoms with Gasteiger partial charge in [0.1, 0.15) is 0 Å². The lowest BCUT2D eigenvalue weighted by Gasteiger charge is -2.13. The molecule has 0 heterocycles. The first-order valence-corrected chi connectivity index (χ1v) is 4.99. The third-order valence-electron chi connectivity index (χ3n) is 1.77. The van der Waals surface area contributed by atoms with Crippen molar-refractivity contribution in [2.24, 2.45) is 5.92 Å². The zero-order valence-electron chi connectivity index (χ0n) is 10.1. The van der Waals surface area contributed by atoms with Crippen molar-refractivity contribution in [1.29, 1.82) is 0 Å². The molecule has 0 spiro atoms. The number of rotatable bonds is 3. The Morgan fingerprint density at radius 2 is 1.54 bits per heavy atom. The molecule has 0 N–H and O–H groups in total. The van der Waals surface area contributed by atoms with Crippen LogP contribution in [0.1, 0.15) is 41.5 Å². The lowest BCUT2D eigenvalue weighted by Crippen LogP contribution is -1.97. The fourth-order valence-electron chi connectivity index (χ4n) is 1.39. The Hall–Kier alpha value is -0.780. The summed E-state index contributed by atoms with van der Waals surface area (Å²) in [6.45, 7) is 20.2. The highest BCUT2D eigenvalue weighted by atomic mass is 14.1. The summed E-state index contributed by atoms with van der Waals surface area (Å²) in [6, 6.07) is 0. The molecule has 0 aliphatic heterocycles. The zero-order valence-corrected chi connectivity index (χ0v) is 10.1. The summed E-state index contributed by atoms with van der Waals surface area (Å²) in [5.41, 5.74) is 3.73. The van der Waals surface area contributed by atoms with Gasteiger partial charge in [0.2, 0.25) is 0 Å². The highest BCUT2D eigenvalue weighted by Crippen LogP contribution is 2.21. The van der Waals surface area contributed by atoms with Crippen molar-refractivity contribution < 1.29 is 0 Å². The molecule has 0 saturated heterocycles. The van der Waals surface area contributed by atoms with Gasteiger partial charge in [-0.2, -0.15) is 0 Å². The van der Waals surface area contributed by atoms with Crippen LogP contribution < -0.4 is 0 Å². The third kappa shape index (κ3) is 5.46. The van der Waals surface area contributed by atoms with E-state index in [-0.39, 0.29) is 0 Å². The van der Waals surface area contributed by atoms with Crippen LogP contribution in [-0.2, 0) is 0 Å². The summed E-state index contributed by atoms with van der Waals surface area (Å²) < 4.78 is 0. The summed E-state index contributed by atoms with van der Waals surface area (Å²) in [5, 5.41) is 0. The van der Waals surface area contributed by atoms with Gasteiger partial charge in [0, 0.05) is 0 Å². The van der Waals surface area contributed by atoms with E-state index in [1.807, 2.05) is 26.8 Å². The van der Waals surface area contributed by atoms with E-state index in [9.17, 15) is 0 Å². The van der Waals surface area contributed by atoms with Gasteiger partial charge in [-0.15, -0.1) is 0 Å². The molecule has 0 bridgehead atoms. The van der Waals surface area contributed by atoms with Crippen molar-refractivity contribution in [1.82, 2.24) is 0 Å². The molecule has 0 aromatic rings. The lowest BCUT2D eigenvalue weighted by molar-refractivity contribution is 0.770. The lowest BCUT2D eigenvalue weighted by atomic mass is 9.93. The molecule has 0 fully saturated rings. The number of hydrogen-bond donors (Lipinski definition) is 0. The topological polar surface area (TPSA) is 0 Å². The van der Waals surface area contributed by atoms with E-state index in [1.165, 1.54) is 11.1 Å². The van der Waals surface area contributed by atoms with Crippen LogP contribution in [0.25, 0.3) is 0 Å². The molecule has 0 amide bonds. The maximum absolute atomic E-state index is 3.94. The Morgan fingerprint density at radius 1 is 1.15 bits per heavy atom. The van der Waals surface area contributed by atoms with Crippen molar-refractivity contribution in [2.45, 2.75) is 41.5 Å². The van der Waals surface area contributed by atoms with Crippen LogP contribution in [0.4, 0.5) is 0 Å². The normalized spacial score (nSPS) is 11.3. The fraction of sp³-hybridized carbons (Fsp3) is 0.538. The van der Waals surface area contributed by atoms with E-state index in [2.05, 4.69) is 33.9 Å². The van der Waals surface area contributed by atoms with Crippen LogP contribution in [0.15, 0.2) is 36.0 Å². The Bertz CT molecular complexity index is 192. The predicted octanol–water partition coefficient (Wildman–Crippen LogP) is 4.75. The Labute approximate surface area is 84.1 Å². The molecule has 0 aromatic carbocycles. The Kier molecular flexibility index (Phi) is 8.89. The van der Waals surface area contributed by atoms with Crippen molar-refractivity contribution in [2.75, 3.05) is 0 Å². The maximum atomic E-state index is 3.94. The van der Waals surface area contributed by atoms with Gasteiger partial charge in [0.25, 0.3) is 0 Å². The van der Waals surface area contributed by atoms with Crippen LogP contribution in [0.2, 0.25) is 0 Å². The quantitative estimate of drug-likeness (QED) is 0.550. The molecule has 0 aliphatic rings. The zero-order chi connectivity index (χ0) is 11.0. The second-order valence-electron chi connectivity index (χ2n) is 3.24. The average Bonchev–Trinajstić information content (AvgIpc) is 2.06. The molecular weight excluding hydrogens is 156 g/mol. The monoisotopic (exact) mass is 180 g/mol. The molecule has 0 rings (SSSR count). The van der Waals surface area contributed by atoms with Gasteiger partial charge in [-0.25, -0.2) is 0 Å². The SMILES string of the molecule is C=C/C(C)=C(\C(=C)C)C(C)C.CC. The van der Waals surface area contributed by atoms with Crippen molar-refractivity contribution in [3.63, 3.8) is 0 Å². The summed E-state index contributed by atoms with van der Waals surface area (Å²) >= 11 is 0. The molecule has 0 radical (unpaired) electrons. The second-order valence-corrected chi connectivity index (χ2v) is 3.24. The number of hydrogen-bond acceptors (Lipinski definition) is 0. The van der Waals surface area contributed by atoms with E-state index in [0.717, 1.165) is 5.57 Å². The average molecular weight is 180 g/mol. The molecule has 0 saturated carbocycles. The Morgan fingerprint density at radius 3 is 1.62 bits per heavy atom.